The molecule has 5 heteroatoms. The van der Waals surface area contributed by atoms with Gasteiger partial charge in [0.25, 0.3) is 5.91 Å². The Morgan fingerprint density at radius 2 is 1.73 bits per heavy atom. The van der Waals surface area contributed by atoms with E-state index in [4.69, 9.17) is 4.74 Å². The van der Waals surface area contributed by atoms with Gasteiger partial charge in [-0.1, -0.05) is 25.5 Å². The van der Waals surface area contributed by atoms with Gasteiger partial charge in [0, 0.05) is 38.8 Å². The van der Waals surface area contributed by atoms with Crippen LogP contribution in [0, 0.1) is 0 Å². The van der Waals surface area contributed by atoms with Crippen LogP contribution >= 0.6 is 0 Å². The van der Waals surface area contributed by atoms with Gasteiger partial charge in [0.2, 0.25) is 5.91 Å². The van der Waals surface area contributed by atoms with Crippen LogP contribution in [0.1, 0.15) is 49.0 Å². The monoisotopic (exact) mass is 306 g/mol. The van der Waals surface area contributed by atoms with Crippen molar-refractivity contribution in [1.82, 2.24) is 10.6 Å². The molecule has 0 aliphatic carbocycles. The Hall–Kier alpha value is -1.88. The number of ether oxygens (including phenoxy) is 1. The Bertz CT molecular complexity index is 457. The maximum atomic E-state index is 11.9. The molecule has 0 spiro atoms. The molecule has 2 N–H and O–H groups in total. The molecule has 0 aliphatic heterocycles. The van der Waals surface area contributed by atoms with E-state index >= 15 is 0 Å². The molecule has 122 valence electrons. The van der Waals surface area contributed by atoms with Gasteiger partial charge < -0.3 is 15.4 Å². The summed E-state index contributed by atoms with van der Waals surface area (Å²) in [5.41, 5.74) is 1.59. The highest BCUT2D eigenvalue weighted by Crippen LogP contribution is 2.04. The first-order valence-electron chi connectivity index (χ1n) is 7.82. The van der Waals surface area contributed by atoms with E-state index in [2.05, 4.69) is 17.6 Å². The Morgan fingerprint density at radius 1 is 1.05 bits per heavy atom. The molecule has 0 aliphatic rings. The minimum atomic E-state index is -0.0837. The quantitative estimate of drug-likeness (QED) is 0.652. The van der Waals surface area contributed by atoms with Crippen molar-refractivity contribution in [2.45, 2.75) is 39.7 Å². The SMILES string of the molecule is CCCCOCCCNC(=O)c1ccc(CNC(C)=O)cc1. The second-order valence-electron chi connectivity index (χ2n) is 5.18. The zero-order valence-corrected chi connectivity index (χ0v) is 13.5. The molecule has 1 rings (SSSR count). The van der Waals surface area contributed by atoms with Crippen LogP contribution in [0.15, 0.2) is 24.3 Å². The molecule has 5 nitrogen and oxygen atoms in total. The minimum absolute atomic E-state index is 0.0667. The van der Waals surface area contributed by atoms with Crippen LogP contribution < -0.4 is 10.6 Å². The second-order valence-corrected chi connectivity index (χ2v) is 5.18. The number of hydrogen-bond donors (Lipinski definition) is 2. The number of hydrogen-bond acceptors (Lipinski definition) is 3. The fourth-order valence-corrected chi connectivity index (χ4v) is 1.83. The van der Waals surface area contributed by atoms with Crippen LogP contribution in [0.3, 0.4) is 0 Å². The van der Waals surface area contributed by atoms with E-state index in [1.54, 1.807) is 12.1 Å². The zero-order valence-electron chi connectivity index (χ0n) is 13.5. The lowest BCUT2D eigenvalue weighted by Gasteiger charge is -2.07. The van der Waals surface area contributed by atoms with Crippen LogP contribution in [0.25, 0.3) is 0 Å². The molecule has 0 unspecified atom stereocenters. The molecule has 0 aromatic heterocycles. The lowest BCUT2D eigenvalue weighted by atomic mass is 10.1. The van der Waals surface area contributed by atoms with Crippen molar-refractivity contribution in [3.8, 4) is 0 Å². The number of amides is 2. The fourth-order valence-electron chi connectivity index (χ4n) is 1.83. The van der Waals surface area contributed by atoms with Crippen LogP contribution in [0.5, 0.6) is 0 Å². The summed E-state index contributed by atoms with van der Waals surface area (Å²) in [7, 11) is 0. The Labute approximate surface area is 132 Å². The summed E-state index contributed by atoms with van der Waals surface area (Å²) in [5, 5.41) is 5.59. The highest BCUT2D eigenvalue weighted by atomic mass is 16.5. The topological polar surface area (TPSA) is 67.4 Å². The van der Waals surface area contributed by atoms with Crippen LogP contribution in [-0.2, 0) is 16.1 Å². The van der Waals surface area contributed by atoms with Gasteiger partial charge in [0.05, 0.1) is 0 Å². The summed E-state index contributed by atoms with van der Waals surface area (Å²) in [5.74, 6) is -0.150. The molecule has 1 aromatic carbocycles. The van der Waals surface area contributed by atoms with E-state index in [9.17, 15) is 9.59 Å². The average molecular weight is 306 g/mol. The first-order chi connectivity index (χ1) is 10.6. The van der Waals surface area contributed by atoms with Gasteiger partial charge in [0.1, 0.15) is 0 Å². The number of benzene rings is 1. The van der Waals surface area contributed by atoms with Crippen molar-refractivity contribution < 1.29 is 14.3 Å². The van der Waals surface area contributed by atoms with Crippen molar-refractivity contribution in [3.05, 3.63) is 35.4 Å². The average Bonchev–Trinajstić information content (AvgIpc) is 2.52. The van der Waals surface area contributed by atoms with Crippen molar-refractivity contribution >= 4 is 11.8 Å². The van der Waals surface area contributed by atoms with Crippen molar-refractivity contribution in [3.63, 3.8) is 0 Å². The molecule has 0 atom stereocenters. The maximum absolute atomic E-state index is 11.9. The predicted octanol–water partition coefficient (Wildman–Crippen LogP) is 2.26. The van der Waals surface area contributed by atoms with Gasteiger partial charge in [-0.05, 0) is 30.5 Å². The number of rotatable bonds is 10. The number of nitrogens with one attached hydrogen (secondary N) is 2. The molecule has 1 aromatic rings. The Balaban J connectivity index is 2.23. The Morgan fingerprint density at radius 3 is 2.36 bits per heavy atom. The highest BCUT2D eigenvalue weighted by Gasteiger charge is 2.04. The molecule has 0 bridgehead atoms. The number of carbonyl (C=O) groups is 2. The standard InChI is InChI=1S/C17H26N2O3/c1-3-4-11-22-12-5-10-18-17(21)16-8-6-15(7-9-16)13-19-14(2)20/h6-9H,3-5,10-13H2,1-2H3,(H,18,21)(H,19,20). The molecule has 2 amide bonds. The van der Waals surface area contributed by atoms with Crippen LogP contribution in [0.4, 0.5) is 0 Å². The second kappa shape index (κ2) is 10.8. The van der Waals surface area contributed by atoms with Gasteiger partial charge in [-0.3, -0.25) is 9.59 Å². The fraction of sp³-hybridized carbons (Fsp3) is 0.529. The van der Waals surface area contributed by atoms with E-state index in [-0.39, 0.29) is 11.8 Å². The van der Waals surface area contributed by atoms with E-state index in [1.807, 2.05) is 12.1 Å². The zero-order chi connectivity index (χ0) is 16.2. The van der Waals surface area contributed by atoms with Gasteiger partial charge in [-0.25, -0.2) is 0 Å². The summed E-state index contributed by atoms with van der Waals surface area (Å²) in [6, 6.07) is 7.23. The molecule has 22 heavy (non-hydrogen) atoms. The molecule has 0 radical (unpaired) electrons. The molecular formula is C17H26N2O3. The van der Waals surface area contributed by atoms with Crippen LogP contribution in [0.2, 0.25) is 0 Å². The van der Waals surface area contributed by atoms with E-state index < -0.39 is 0 Å². The largest absolute Gasteiger partial charge is 0.381 e. The molecule has 0 fully saturated rings. The third-order valence-electron chi connectivity index (χ3n) is 3.15. The van der Waals surface area contributed by atoms with Crippen LogP contribution in [-0.4, -0.2) is 31.6 Å². The van der Waals surface area contributed by atoms with Crippen molar-refractivity contribution in [2.75, 3.05) is 19.8 Å². The Kier molecular flexibility index (Phi) is 8.91. The van der Waals surface area contributed by atoms with Crippen molar-refractivity contribution in [1.29, 1.82) is 0 Å². The molecule has 0 saturated heterocycles. The summed E-state index contributed by atoms with van der Waals surface area (Å²) < 4.78 is 5.44. The third-order valence-corrected chi connectivity index (χ3v) is 3.15. The lowest BCUT2D eigenvalue weighted by molar-refractivity contribution is -0.119. The van der Waals surface area contributed by atoms with Gasteiger partial charge in [0.15, 0.2) is 0 Å². The summed E-state index contributed by atoms with van der Waals surface area (Å²) in [6.07, 6.45) is 3.03. The van der Waals surface area contributed by atoms with Gasteiger partial charge in [-0.2, -0.15) is 0 Å². The van der Waals surface area contributed by atoms with E-state index in [1.165, 1.54) is 6.92 Å². The third kappa shape index (κ3) is 7.78. The minimum Gasteiger partial charge on any atom is -0.381 e. The predicted molar refractivity (Wildman–Crippen MR) is 86.6 cm³/mol. The van der Waals surface area contributed by atoms with E-state index in [0.29, 0.717) is 25.3 Å². The molecule has 0 heterocycles. The normalized spacial score (nSPS) is 10.3. The summed E-state index contributed by atoms with van der Waals surface area (Å²) in [4.78, 5) is 22.8. The highest BCUT2D eigenvalue weighted by molar-refractivity contribution is 5.94. The first-order valence-corrected chi connectivity index (χ1v) is 7.82. The number of carbonyl (C=O) groups excluding carboxylic acids is 2. The molecular weight excluding hydrogens is 280 g/mol. The van der Waals surface area contributed by atoms with Crippen molar-refractivity contribution in [2.24, 2.45) is 0 Å². The lowest BCUT2D eigenvalue weighted by Crippen LogP contribution is -2.25. The van der Waals surface area contributed by atoms with Gasteiger partial charge in [-0.15, -0.1) is 0 Å². The number of unbranched alkanes of at least 4 members (excludes halogenated alkanes) is 1. The van der Waals surface area contributed by atoms with E-state index in [0.717, 1.165) is 31.4 Å². The molecule has 0 saturated carbocycles. The summed E-state index contributed by atoms with van der Waals surface area (Å²) in [6.45, 7) is 6.17. The van der Waals surface area contributed by atoms with Gasteiger partial charge >= 0.3 is 0 Å². The smallest absolute Gasteiger partial charge is 0.251 e. The first kappa shape index (κ1) is 18.2. The summed E-state index contributed by atoms with van der Waals surface area (Å²) >= 11 is 0. The maximum Gasteiger partial charge on any atom is 0.251 e.